The molecule has 0 unspecified atom stereocenters. The summed E-state index contributed by atoms with van der Waals surface area (Å²) >= 11 is 0. The number of nitrogens with zero attached hydrogens (tertiary/aromatic N) is 1. The number of aromatic hydroxyl groups is 1. The van der Waals surface area contributed by atoms with Gasteiger partial charge in [-0.3, -0.25) is 4.90 Å². The Labute approximate surface area is 155 Å². The molecule has 134 valence electrons. The zero-order valence-electron chi connectivity index (χ0n) is 14.8. The van der Waals surface area contributed by atoms with Gasteiger partial charge in [0, 0.05) is 17.0 Å². The van der Waals surface area contributed by atoms with E-state index in [1.807, 2.05) is 6.07 Å². The summed E-state index contributed by atoms with van der Waals surface area (Å²) in [5.41, 5.74) is 2.96. The van der Waals surface area contributed by atoms with Gasteiger partial charge in [0.05, 0.1) is 6.61 Å². The molecule has 0 aromatic heterocycles. The summed E-state index contributed by atoms with van der Waals surface area (Å²) in [6, 6.07) is 6.56. The van der Waals surface area contributed by atoms with Crippen molar-refractivity contribution in [3.8, 4) is 5.75 Å². The van der Waals surface area contributed by atoms with E-state index in [1.54, 1.807) is 0 Å². The molecule has 4 rings (SSSR count). The number of hydrogen-bond acceptors (Lipinski definition) is 3. The molecular weight excluding hydrogens is 366 g/mol. The van der Waals surface area contributed by atoms with Crippen LogP contribution < -0.4 is 0 Å². The van der Waals surface area contributed by atoms with Crippen molar-refractivity contribution in [2.45, 2.75) is 69.4 Å². The number of rotatable bonds is 2. The zero-order chi connectivity index (χ0) is 16.2. The fourth-order valence-corrected chi connectivity index (χ4v) is 5.84. The molecule has 2 aliphatic carbocycles. The smallest absolute Gasteiger partial charge is 0.115 e. The molecule has 3 nitrogen and oxygen atoms in total. The van der Waals surface area contributed by atoms with Crippen LogP contribution in [0.4, 0.5) is 0 Å². The standard InChI is InChI=1S/C20H29NO2.BrH/c1-19(2,13-22)21-10-9-20-8-4-3-5-16(20)18(21)11-14-6-7-15(23)12-17(14)20;/h6-7,12,16,18,22-23H,3-5,8-11,13H2,1-2H3;1H/t16-,18+,20+;/m0./s1. The summed E-state index contributed by atoms with van der Waals surface area (Å²) in [5, 5.41) is 19.9. The van der Waals surface area contributed by atoms with Crippen LogP contribution in [0.3, 0.4) is 0 Å². The first-order valence-corrected chi connectivity index (χ1v) is 9.18. The third kappa shape index (κ3) is 2.53. The molecule has 1 aromatic carbocycles. The van der Waals surface area contributed by atoms with Crippen LogP contribution in [0.1, 0.15) is 57.1 Å². The summed E-state index contributed by atoms with van der Waals surface area (Å²) in [6.07, 6.45) is 7.40. The second-order valence-corrected chi connectivity index (χ2v) is 8.54. The lowest BCUT2D eigenvalue weighted by Crippen LogP contribution is -2.66. The Kier molecular flexibility index (Phi) is 4.78. The summed E-state index contributed by atoms with van der Waals surface area (Å²) in [5.74, 6) is 1.09. The molecule has 1 saturated carbocycles. The van der Waals surface area contributed by atoms with Crippen LogP contribution in [-0.2, 0) is 11.8 Å². The molecule has 2 bridgehead atoms. The molecule has 0 spiro atoms. The highest BCUT2D eigenvalue weighted by Gasteiger charge is 2.55. The summed E-state index contributed by atoms with van der Waals surface area (Å²) < 4.78 is 0. The topological polar surface area (TPSA) is 43.7 Å². The number of phenolic OH excluding ortho intramolecular Hbond substituents is 1. The number of hydrogen-bond donors (Lipinski definition) is 2. The van der Waals surface area contributed by atoms with Crippen LogP contribution in [0.5, 0.6) is 5.75 Å². The quantitative estimate of drug-likeness (QED) is 0.799. The molecule has 1 aliphatic heterocycles. The van der Waals surface area contributed by atoms with E-state index in [0.717, 1.165) is 19.4 Å². The van der Waals surface area contributed by atoms with Crippen molar-refractivity contribution in [1.82, 2.24) is 4.90 Å². The number of aliphatic hydroxyl groups excluding tert-OH is 1. The lowest BCUT2D eigenvalue weighted by Gasteiger charge is -2.61. The van der Waals surface area contributed by atoms with Gasteiger partial charge in [-0.25, -0.2) is 0 Å². The normalized spacial score (nSPS) is 32.5. The minimum absolute atomic E-state index is 0. The first kappa shape index (κ1) is 18.2. The number of aliphatic hydroxyl groups is 1. The van der Waals surface area contributed by atoms with Gasteiger partial charge in [-0.1, -0.05) is 18.9 Å². The van der Waals surface area contributed by atoms with E-state index in [1.165, 1.54) is 36.8 Å². The molecule has 2 fully saturated rings. The predicted molar refractivity (Wildman–Crippen MR) is 102 cm³/mol. The van der Waals surface area contributed by atoms with Gasteiger partial charge >= 0.3 is 0 Å². The maximum Gasteiger partial charge on any atom is 0.115 e. The number of fused-ring (bicyclic) bond motifs is 1. The van der Waals surface area contributed by atoms with Crippen molar-refractivity contribution >= 4 is 17.0 Å². The Hall–Kier alpha value is -0.580. The van der Waals surface area contributed by atoms with Gasteiger partial charge in [0.1, 0.15) is 5.75 Å². The van der Waals surface area contributed by atoms with Crippen LogP contribution in [0.25, 0.3) is 0 Å². The largest absolute Gasteiger partial charge is 0.508 e. The Bertz CT molecular complexity index is 618. The van der Waals surface area contributed by atoms with Crippen molar-refractivity contribution in [2.24, 2.45) is 5.92 Å². The van der Waals surface area contributed by atoms with E-state index in [2.05, 4.69) is 30.9 Å². The molecule has 3 aliphatic rings. The molecule has 0 amide bonds. The number of likely N-dealkylation sites (tertiary alicyclic amines) is 1. The molecule has 1 heterocycles. The number of piperidine rings is 1. The number of phenols is 1. The SMILES string of the molecule is Br.CC(C)(CO)N1CC[C@]23CCCC[C@H]2[C@H]1Cc1ccc(O)cc13. The second kappa shape index (κ2) is 6.30. The van der Waals surface area contributed by atoms with E-state index in [4.69, 9.17) is 0 Å². The number of halogens is 1. The maximum absolute atomic E-state index is 10.0. The average Bonchev–Trinajstić information content (AvgIpc) is 2.55. The lowest BCUT2D eigenvalue weighted by molar-refractivity contribution is -0.0745. The number of benzene rings is 1. The summed E-state index contributed by atoms with van der Waals surface area (Å²) in [4.78, 5) is 2.58. The zero-order valence-corrected chi connectivity index (χ0v) is 16.5. The van der Waals surface area contributed by atoms with E-state index in [9.17, 15) is 10.2 Å². The third-order valence-electron chi connectivity index (χ3n) is 6.98. The molecule has 1 saturated heterocycles. The van der Waals surface area contributed by atoms with E-state index in [-0.39, 0.29) is 34.5 Å². The monoisotopic (exact) mass is 395 g/mol. The van der Waals surface area contributed by atoms with Gasteiger partial charge in [-0.05, 0) is 75.3 Å². The maximum atomic E-state index is 10.0. The second-order valence-electron chi connectivity index (χ2n) is 8.54. The van der Waals surface area contributed by atoms with E-state index < -0.39 is 0 Å². The van der Waals surface area contributed by atoms with Gasteiger partial charge in [0.15, 0.2) is 0 Å². The Balaban J connectivity index is 0.00000169. The van der Waals surface area contributed by atoms with Gasteiger partial charge < -0.3 is 10.2 Å². The van der Waals surface area contributed by atoms with Crippen LogP contribution in [-0.4, -0.2) is 39.8 Å². The predicted octanol–water partition coefficient (Wildman–Crippen LogP) is 3.80. The molecule has 4 heteroatoms. The van der Waals surface area contributed by atoms with Gasteiger partial charge in [0.25, 0.3) is 0 Å². The van der Waals surface area contributed by atoms with Crippen LogP contribution in [0, 0.1) is 5.92 Å². The fourth-order valence-electron chi connectivity index (χ4n) is 5.84. The first-order valence-electron chi connectivity index (χ1n) is 9.18. The molecule has 1 aromatic rings. The van der Waals surface area contributed by atoms with E-state index >= 15 is 0 Å². The average molecular weight is 396 g/mol. The highest BCUT2D eigenvalue weighted by molar-refractivity contribution is 8.93. The minimum atomic E-state index is -0.150. The highest BCUT2D eigenvalue weighted by Crippen LogP contribution is 2.57. The van der Waals surface area contributed by atoms with Crippen molar-refractivity contribution in [3.63, 3.8) is 0 Å². The Morgan fingerprint density at radius 3 is 2.79 bits per heavy atom. The third-order valence-corrected chi connectivity index (χ3v) is 6.98. The van der Waals surface area contributed by atoms with Crippen molar-refractivity contribution in [2.75, 3.05) is 13.2 Å². The van der Waals surface area contributed by atoms with Crippen LogP contribution in [0.2, 0.25) is 0 Å². The Morgan fingerprint density at radius 1 is 1.25 bits per heavy atom. The summed E-state index contributed by atoms with van der Waals surface area (Å²) in [7, 11) is 0. The molecule has 2 N–H and O–H groups in total. The first-order chi connectivity index (χ1) is 11.0. The van der Waals surface area contributed by atoms with Gasteiger partial charge in [0.2, 0.25) is 0 Å². The van der Waals surface area contributed by atoms with E-state index in [0.29, 0.717) is 17.7 Å². The van der Waals surface area contributed by atoms with Crippen molar-refractivity contribution in [3.05, 3.63) is 29.3 Å². The molecule has 3 atom stereocenters. The summed E-state index contributed by atoms with van der Waals surface area (Å²) in [6.45, 7) is 5.62. The Morgan fingerprint density at radius 2 is 2.04 bits per heavy atom. The minimum Gasteiger partial charge on any atom is -0.508 e. The fraction of sp³-hybridized carbons (Fsp3) is 0.700. The van der Waals surface area contributed by atoms with Gasteiger partial charge in [-0.2, -0.15) is 0 Å². The van der Waals surface area contributed by atoms with Crippen molar-refractivity contribution in [1.29, 1.82) is 0 Å². The van der Waals surface area contributed by atoms with Crippen molar-refractivity contribution < 1.29 is 10.2 Å². The molecule has 0 radical (unpaired) electrons. The van der Waals surface area contributed by atoms with Crippen LogP contribution >= 0.6 is 17.0 Å². The van der Waals surface area contributed by atoms with Crippen LogP contribution in [0.15, 0.2) is 18.2 Å². The molecular formula is C20H30BrNO2. The van der Waals surface area contributed by atoms with Gasteiger partial charge in [-0.15, -0.1) is 17.0 Å². The highest BCUT2D eigenvalue weighted by atomic mass is 79.9. The lowest BCUT2D eigenvalue weighted by atomic mass is 9.52. The molecule has 24 heavy (non-hydrogen) atoms.